The number of rotatable bonds is 67. The summed E-state index contributed by atoms with van der Waals surface area (Å²) in [5.74, 6) is -0.851. The standard InChI is InChI=1S/C75H138O6/c1-4-7-10-13-16-19-22-25-28-30-32-33-34-35-36-37-38-39-40-41-42-43-44-46-47-50-53-56-59-62-65-68-74(77)80-71-72(70-79-73(76)67-64-61-58-55-52-49-27-24-21-18-15-12-9-6-3)81-75(78)69-66-63-60-57-54-51-48-45-31-29-26-23-20-17-14-11-8-5-2/h22,24-25,27,30,32,34-35,72H,4-21,23,26,28-29,31,33,36-71H2,1-3H3/b25-22-,27-24-,32-30-,35-34-. The predicted molar refractivity (Wildman–Crippen MR) is 353 cm³/mol. The Balaban J connectivity index is 4.19. The maximum atomic E-state index is 12.9. The van der Waals surface area contributed by atoms with Crippen LogP contribution in [0, 0.1) is 0 Å². The van der Waals surface area contributed by atoms with Crippen molar-refractivity contribution in [1.82, 2.24) is 0 Å². The van der Waals surface area contributed by atoms with Crippen LogP contribution in [0.1, 0.15) is 393 Å². The Kier molecular flexibility index (Phi) is 67.6. The Bertz CT molecular complexity index is 1400. The minimum absolute atomic E-state index is 0.0703. The lowest BCUT2D eigenvalue weighted by atomic mass is 10.0. The molecule has 0 aromatic heterocycles. The molecule has 0 N–H and O–H groups in total. The third-order valence-electron chi connectivity index (χ3n) is 16.3. The van der Waals surface area contributed by atoms with Crippen LogP contribution in [0.3, 0.4) is 0 Å². The van der Waals surface area contributed by atoms with Gasteiger partial charge in [0.25, 0.3) is 0 Å². The summed E-state index contributed by atoms with van der Waals surface area (Å²) in [7, 11) is 0. The first kappa shape index (κ1) is 78.4. The highest BCUT2D eigenvalue weighted by molar-refractivity contribution is 5.71. The van der Waals surface area contributed by atoms with Gasteiger partial charge in [-0.05, 0) is 83.5 Å². The van der Waals surface area contributed by atoms with Crippen LogP contribution in [-0.2, 0) is 28.6 Å². The average molecular weight is 1140 g/mol. The van der Waals surface area contributed by atoms with Crippen LogP contribution in [0.2, 0.25) is 0 Å². The Labute approximate surface area is 505 Å². The van der Waals surface area contributed by atoms with E-state index in [4.69, 9.17) is 14.2 Å². The molecule has 0 bridgehead atoms. The first-order valence-corrected chi connectivity index (χ1v) is 36.1. The largest absolute Gasteiger partial charge is 0.462 e. The highest BCUT2D eigenvalue weighted by Gasteiger charge is 2.19. The number of allylic oxidation sites excluding steroid dienone is 8. The van der Waals surface area contributed by atoms with E-state index in [1.54, 1.807) is 0 Å². The monoisotopic (exact) mass is 1140 g/mol. The fourth-order valence-corrected chi connectivity index (χ4v) is 10.9. The summed E-state index contributed by atoms with van der Waals surface area (Å²) in [5, 5.41) is 0. The van der Waals surface area contributed by atoms with Gasteiger partial charge in [0.1, 0.15) is 13.2 Å². The summed E-state index contributed by atoms with van der Waals surface area (Å²) in [4.78, 5) is 38.4. The van der Waals surface area contributed by atoms with E-state index in [-0.39, 0.29) is 31.1 Å². The third kappa shape index (κ3) is 68.0. The molecule has 474 valence electrons. The zero-order chi connectivity index (χ0) is 58.5. The lowest BCUT2D eigenvalue weighted by Gasteiger charge is -2.18. The molecule has 0 spiro atoms. The molecule has 6 heteroatoms. The van der Waals surface area contributed by atoms with Gasteiger partial charge >= 0.3 is 17.9 Å². The minimum atomic E-state index is -0.774. The molecular formula is C75H138O6. The molecule has 81 heavy (non-hydrogen) atoms. The second kappa shape index (κ2) is 69.9. The topological polar surface area (TPSA) is 78.9 Å². The van der Waals surface area contributed by atoms with Crippen molar-refractivity contribution in [2.45, 2.75) is 399 Å². The molecule has 0 aliphatic heterocycles. The number of unbranched alkanes of at least 4 members (excludes halogenated alkanes) is 48. The molecule has 6 nitrogen and oxygen atoms in total. The molecular weight excluding hydrogens is 997 g/mol. The van der Waals surface area contributed by atoms with Crippen molar-refractivity contribution in [1.29, 1.82) is 0 Å². The summed E-state index contributed by atoms with van der Waals surface area (Å²) in [5.41, 5.74) is 0. The molecule has 0 heterocycles. The molecule has 1 unspecified atom stereocenters. The van der Waals surface area contributed by atoms with Gasteiger partial charge in [-0.15, -0.1) is 0 Å². The van der Waals surface area contributed by atoms with Crippen LogP contribution in [0.4, 0.5) is 0 Å². The van der Waals surface area contributed by atoms with Crippen LogP contribution in [-0.4, -0.2) is 37.2 Å². The number of hydrogen-bond donors (Lipinski definition) is 0. The number of ether oxygens (including phenoxy) is 3. The van der Waals surface area contributed by atoms with Gasteiger partial charge < -0.3 is 14.2 Å². The lowest BCUT2D eigenvalue weighted by molar-refractivity contribution is -0.167. The van der Waals surface area contributed by atoms with Crippen molar-refractivity contribution in [3.05, 3.63) is 48.6 Å². The Morgan fingerprint density at radius 1 is 0.247 bits per heavy atom. The van der Waals surface area contributed by atoms with Crippen molar-refractivity contribution >= 4 is 17.9 Å². The van der Waals surface area contributed by atoms with Crippen molar-refractivity contribution in [2.75, 3.05) is 13.2 Å². The Morgan fingerprint density at radius 3 is 0.704 bits per heavy atom. The average Bonchev–Trinajstić information content (AvgIpc) is 3.47. The third-order valence-corrected chi connectivity index (χ3v) is 16.3. The number of hydrogen-bond acceptors (Lipinski definition) is 6. The summed E-state index contributed by atoms with van der Waals surface area (Å²) >= 11 is 0. The fourth-order valence-electron chi connectivity index (χ4n) is 10.9. The molecule has 0 saturated carbocycles. The second-order valence-corrected chi connectivity index (χ2v) is 24.5. The number of carbonyl (C=O) groups excluding carboxylic acids is 3. The van der Waals surface area contributed by atoms with Crippen LogP contribution >= 0.6 is 0 Å². The van der Waals surface area contributed by atoms with Gasteiger partial charge in [0.15, 0.2) is 6.10 Å². The smallest absolute Gasteiger partial charge is 0.306 e. The molecule has 0 aromatic carbocycles. The van der Waals surface area contributed by atoms with E-state index < -0.39 is 6.10 Å². The van der Waals surface area contributed by atoms with Crippen molar-refractivity contribution in [3.63, 3.8) is 0 Å². The maximum absolute atomic E-state index is 12.9. The van der Waals surface area contributed by atoms with Crippen LogP contribution in [0.15, 0.2) is 48.6 Å². The van der Waals surface area contributed by atoms with Gasteiger partial charge in [0.2, 0.25) is 0 Å². The van der Waals surface area contributed by atoms with Crippen LogP contribution in [0.25, 0.3) is 0 Å². The van der Waals surface area contributed by atoms with E-state index in [1.807, 2.05) is 0 Å². The second-order valence-electron chi connectivity index (χ2n) is 24.5. The minimum Gasteiger partial charge on any atom is -0.462 e. The molecule has 0 saturated heterocycles. The van der Waals surface area contributed by atoms with Gasteiger partial charge in [-0.1, -0.05) is 339 Å². The van der Waals surface area contributed by atoms with E-state index >= 15 is 0 Å². The van der Waals surface area contributed by atoms with E-state index in [0.717, 1.165) is 77.0 Å². The molecule has 0 aliphatic carbocycles. The van der Waals surface area contributed by atoms with Gasteiger partial charge in [-0.25, -0.2) is 0 Å². The molecule has 0 aliphatic rings. The first-order valence-electron chi connectivity index (χ1n) is 36.1. The fraction of sp³-hybridized carbons (Fsp3) is 0.853. The molecule has 0 aromatic rings. The van der Waals surface area contributed by atoms with Gasteiger partial charge in [-0.2, -0.15) is 0 Å². The van der Waals surface area contributed by atoms with E-state index in [0.29, 0.717) is 19.3 Å². The SMILES string of the molecule is CCCCCCC/C=C\C/C=C\C/C=C\CCCCCCCCCCCCCCCCCCC(=O)OCC(COC(=O)CCCCCCC/C=C\CCCCCCC)OC(=O)CCCCCCCCCCCCCCCCCCCC. The molecule has 0 radical (unpaired) electrons. The first-order chi connectivity index (χ1) is 40.0. The Morgan fingerprint density at radius 2 is 0.444 bits per heavy atom. The zero-order valence-corrected chi connectivity index (χ0v) is 54.6. The van der Waals surface area contributed by atoms with E-state index in [9.17, 15) is 14.4 Å². The van der Waals surface area contributed by atoms with Gasteiger partial charge in [0.05, 0.1) is 0 Å². The summed E-state index contributed by atoms with van der Waals surface area (Å²) in [6, 6.07) is 0. The number of esters is 3. The maximum Gasteiger partial charge on any atom is 0.306 e. The van der Waals surface area contributed by atoms with Crippen molar-refractivity contribution < 1.29 is 28.6 Å². The van der Waals surface area contributed by atoms with Crippen molar-refractivity contribution in [3.8, 4) is 0 Å². The summed E-state index contributed by atoms with van der Waals surface area (Å²) in [6.45, 7) is 6.68. The highest BCUT2D eigenvalue weighted by Crippen LogP contribution is 2.18. The highest BCUT2D eigenvalue weighted by atomic mass is 16.6. The summed E-state index contributed by atoms with van der Waals surface area (Å²) < 4.78 is 17.0. The van der Waals surface area contributed by atoms with E-state index in [1.165, 1.54) is 276 Å². The Hall–Kier alpha value is -2.63. The molecule has 0 rings (SSSR count). The quantitative estimate of drug-likeness (QED) is 0.0261. The van der Waals surface area contributed by atoms with Crippen LogP contribution in [0.5, 0.6) is 0 Å². The van der Waals surface area contributed by atoms with Crippen molar-refractivity contribution in [2.24, 2.45) is 0 Å². The summed E-state index contributed by atoms with van der Waals surface area (Å²) in [6.07, 6.45) is 88.6. The van der Waals surface area contributed by atoms with Crippen LogP contribution < -0.4 is 0 Å². The van der Waals surface area contributed by atoms with E-state index in [2.05, 4.69) is 69.4 Å². The van der Waals surface area contributed by atoms with Gasteiger partial charge in [0, 0.05) is 19.3 Å². The number of carbonyl (C=O) groups is 3. The normalized spacial score (nSPS) is 12.3. The predicted octanol–water partition coefficient (Wildman–Crippen LogP) is 24.9. The van der Waals surface area contributed by atoms with Gasteiger partial charge in [-0.3, -0.25) is 14.4 Å². The zero-order valence-electron chi connectivity index (χ0n) is 54.6. The molecule has 0 fully saturated rings. The lowest BCUT2D eigenvalue weighted by Crippen LogP contribution is -2.30. The molecule has 0 amide bonds. The molecule has 1 atom stereocenters.